The summed E-state index contributed by atoms with van der Waals surface area (Å²) in [7, 11) is 0. The zero-order valence-corrected chi connectivity index (χ0v) is 62.5. The van der Waals surface area contributed by atoms with Gasteiger partial charge in [-0.05, 0) is 230 Å². The molecule has 0 amide bonds. The monoisotopic (exact) mass is 1470 g/mol. The van der Waals surface area contributed by atoms with Crippen LogP contribution in [-0.2, 0) is 0 Å². The van der Waals surface area contributed by atoms with Crippen LogP contribution in [0.5, 0.6) is 0 Å². The molecule has 6 heteroatoms. The molecule has 0 aliphatic heterocycles. The molecule has 0 spiro atoms. The van der Waals surface area contributed by atoms with E-state index < -0.39 is 0 Å². The molecule has 0 aliphatic rings. The summed E-state index contributed by atoms with van der Waals surface area (Å²) in [6, 6.07) is 148. The molecule has 0 radical (unpaired) electrons. The highest BCUT2D eigenvalue weighted by molar-refractivity contribution is 7.26. The smallest absolute Gasteiger partial charge is 0.135 e. The first-order chi connectivity index (χ1) is 56.5. The van der Waals surface area contributed by atoms with Crippen LogP contribution < -0.4 is 0 Å². The zero-order valence-electron chi connectivity index (χ0n) is 61.7. The molecular weight excluding hydrogens is 1400 g/mol. The maximum atomic E-state index is 6.33. The third-order valence-electron chi connectivity index (χ3n) is 24.0. The summed E-state index contributed by atoms with van der Waals surface area (Å²) in [6.07, 6.45) is 0. The van der Waals surface area contributed by atoms with Crippen LogP contribution in [0.4, 0.5) is 0 Å². The van der Waals surface area contributed by atoms with Gasteiger partial charge >= 0.3 is 0 Å². The number of hydrogen-bond donors (Lipinski definition) is 0. The molecule has 5 nitrogen and oxygen atoms in total. The fourth-order valence-electron chi connectivity index (χ4n) is 18.6. The van der Waals surface area contributed by atoms with Crippen molar-refractivity contribution < 1.29 is 4.42 Å². The van der Waals surface area contributed by atoms with Gasteiger partial charge in [-0.1, -0.05) is 249 Å². The van der Waals surface area contributed by atoms with E-state index in [9.17, 15) is 0 Å². The number of hydrogen-bond acceptors (Lipinski definition) is 2. The predicted molar refractivity (Wildman–Crippen MR) is 482 cm³/mol. The lowest BCUT2D eigenvalue weighted by Gasteiger charge is -2.12. The fraction of sp³-hybridized carbons (Fsp3) is 0. The second-order valence-corrected chi connectivity index (χ2v) is 31.3. The van der Waals surface area contributed by atoms with E-state index in [1.807, 2.05) is 17.4 Å². The molecule has 18 aromatic carbocycles. The summed E-state index contributed by atoms with van der Waals surface area (Å²) in [6.45, 7) is 0. The van der Waals surface area contributed by atoms with Crippen LogP contribution in [0, 0.1) is 0 Å². The van der Waals surface area contributed by atoms with Crippen LogP contribution in [-0.4, -0.2) is 18.3 Å². The normalized spacial score (nSPS) is 12.0. The summed E-state index contributed by atoms with van der Waals surface area (Å²) in [5, 5.41) is 14.5. The van der Waals surface area contributed by atoms with E-state index in [0.717, 1.165) is 66.8 Å². The molecule has 6 aromatic heterocycles. The number of aromatic nitrogens is 4. The van der Waals surface area contributed by atoms with Crippen LogP contribution in [0.2, 0.25) is 0 Å². The molecule has 0 bridgehead atoms. The third kappa shape index (κ3) is 10.1. The van der Waals surface area contributed by atoms with Gasteiger partial charge in [0, 0.05) is 96.8 Å². The Hall–Kier alpha value is -14.8. The molecule has 0 atom stereocenters. The Balaban J connectivity index is 0.591. The lowest BCUT2D eigenvalue weighted by atomic mass is 9.98. The van der Waals surface area contributed by atoms with E-state index in [0.29, 0.717) is 0 Å². The molecular formula is C108H66N4OS. The molecule has 0 aliphatic carbocycles. The van der Waals surface area contributed by atoms with Crippen LogP contribution in [0.15, 0.2) is 405 Å². The van der Waals surface area contributed by atoms with Gasteiger partial charge in [-0.2, -0.15) is 0 Å². The van der Waals surface area contributed by atoms with E-state index in [4.69, 9.17) is 4.42 Å². The van der Waals surface area contributed by atoms with Gasteiger partial charge in [0.15, 0.2) is 0 Å². The Morgan fingerprint density at radius 2 is 0.500 bits per heavy atom. The van der Waals surface area contributed by atoms with E-state index in [-0.39, 0.29) is 0 Å². The van der Waals surface area contributed by atoms with Crippen molar-refractivity contribution in [2.24, 2.45) is 0 Å². The molecule has 24 rings (SSSR count). The van der Waals surface area contributed by atoms with Crippen LogP contribution in [0.3, 0.4) is 0 Å². The van der Waals surface area contributed by atoms with Crippen LogP contribution in [0.25, 0.3) is 230 Å². The van der Waals surface area contributed by atoms with Gasteiger partial charge in [0.25, 0.3) is 0 Å². The largest absolute Gasteiger partial charge is 0.456 e. The highest BCUT2D eigenvalue weighted by atomic mass is 32.1. The average molecular weight is 1470 g/mol. The quantitative estimate of drug-likeness (QED) is 0.127. The summed E-state index contributed by atoms with van der Waals surface area (Å²) in [5.41, 5.74) is 32.2. The second-order valence-electron chi connectivity index (χ2n) is 30.3. The SMILES string of the molecule is c1ccc(-c2ccc(-n3c4ccccc4c4cc(-c5ccc6c(c5)c5ccccc5n6-c5cccc(-c6ccc7sc8c(-c9ccc%10c%11cc(-c%12ccc%13c(c%12)c%12ccccc%12n%13-c%12ccc(-c%13ccccc%13)cc%12)ccc%11n(-c%11cccc(-c%12ccc%13oc%14ccccc%14c%13c%12)c%11)c%10c9)cccc8c7c6)c5)ccc43)cc2)cc1. The van der Waals surface area contributed by atoms with Gasteiger partial charge in [0.2, 0.25) is 0 Å². The van der Waals surface area contributed by atoms with E-state index in [1.54, 1.807) is 0 Å². The maximum Gasteiger partial charge on any atom is 0.135 e. The van der Waals surface area contributed by atoms with Crippen molar-refractivity contribution in [1.82, 2.24) is 18.3 Å². The fourth-order valence-corrected chi connectivity index (χ4v) is 19.8. The van der Waals surface area contributed by atoms with Crippen molar-refractivity contribution in [1.29, 1.82) is 0 Å². The molecule has 0 fully saturated rings. The lowest BCUT2D eigenvalue weighted by Crippen LogP contribution is -1.95. The molecule has 0 saturated carbocycles. The Kier molecular flexibility index (Phi) is 14.3. The number of fused-ring (bicyclic) bond motifs is 18. The van der Waals surface area contributed by atoms with Crippen molar-refractivity contribution >= 4 is 141 Å². The van der Waals surface area contributed by atoms with E-state index in [2.05, 4.69) is 413 Å². The number of thiophene rings is 1. The zero-order chi connectivity index (χ0) is 74.6. The second kappa shape index (κ2) is 25.4. The summed E-state index contributed by atoms with van der Waals surface area (Å²) < 4.78 is 18.6. The van der Waals surface area contributed by atoms with Crippen molar-refractivity contribution in [3.8, 4) is 101 Å². The van der Waals surface area contributed by atoms with Gasteiger partial charge in [-0.25, -0.2) is 0 Å². The number of rotatable bonds is 11. The summed E-state index contributed by atoms with van der Waals surface area (Å²) in [4.78, 5) is 0. The van der Waals surface area contributed by atoms with Crippen molar-refractivity contribution in [3.05, 3.63) is 400 Å². The van der Waals surface area contributed by atoms with E-state index >= 15 is 0 Å². The first-order valence-corrected chi connectivity index (χ1v) is 39.9. The molecule has 0 unspecified atom stereocenters. The molecule has 6 heterocycles. The van der Waals surface area contributed by atoms with Crippen molar-refractivity contribution in [2.45, 2.75) is 0 Å². The van der Waals surface area contributed by atoms with Crippen molar-refractivity contribution in [2.75, 3.05) is 0 Å². The Morgan fingerprint density at radius 3 is 1.01 bits per heavy atom. The van der Waals surface area contributed by atoms with Gasteiger partial charge in [-0.3, -0.25) is 0 Å². The molecule has 530 valence electrons. The Bertz CT molecular complexity index is 8080. The highest BCUT2D eigenvalue weighted by Gasteiger charge is 2.23. The maximum absolute atomic E-state index is 6.33. The first-order valence-electron chi connectivity index (χ1n) is 39.1. The Morgan fingerprint density at radius 1 is 0.167 bits per heavy atom. The van der Waals surface area contributed by atoms with Gasteiger partial charge in [-0.15, -0.1) is 11.3 Å². The minimum atomic E-state index is 0.889. The van der Waals surface area contributed by atoms with Gasteiger partial charge < -0.3 is 22.7 Å². The predicted octanol–water partition coefficient (Wildman–Crippen LogP) is 30.0. The topological polar surface area (TPSA) is 32.9 Å². The number of benzene rings is 18. The molecule has 24 aromatic rings. The number of furan rings is 1. The summed E-state index contributed by atoms with van der Waals surface area (Å²) >= 11 is 1.88. The minimum absolute atomic E-state index is 0.889. The van der Waals surface area contributed by atoms with Crippen LogP contribution in [0.1, 0.15) is 0 Å². The van der Waals surface area contributed by atoms with Crippen molar-refractivity contribution in [3.63, 3.8) is 0 Å². The molecule has 0 saturated heterocycles. The molecule has 114 heavy (non-hydrogen) atoms. The number of nitrogens with zero attached hydrogens (tertiary/aromatic N) is 4. The average Bonchev–Trinajstić information content (AvgIpc) is 1.58. The van der Waals surface area contributed by atoms with Crippen LogP contribution >= 0.6 is 11.3 Å². The van der Waals surface area contributed by atoms with Gasteiger partial charge in [0.05, 0.1) is 44.1 Å². The standard InChI is InChI=1S/C108H66N4OS/c1-3-18-67(19-4-1)69-36-47-80(48-37-69)109-97-32-11-7-26-85(97)91-60-73(41-52-100(91)109)75-43-54-102-93(62-75)87-28-9-13-34-99(87)111(102)82-24-15-23-72(58-82)78-46-57-107-96(65-78)90-31-17-30-84(108(90)114-107)79-40-51-88-94-63-76(74-42-53-101-92(61-74)86-27-8-12-33-98(86)110(101)81-49-38-70(39-50-81)68-20-5-2-6-21-68)44-55-103(94)112(104(88)66-79)83-25-16-22-71(59-83)77-45-56-106-95(64-77)89-29-10-14-35-105(89)113-106/h1-66H. The first kappa shape index (κ1) is 64.0. The summed E-state index contributed by atoms with van der Waals surface area (Å²) in [5.74, 6) is 0. The number of para-hydroxylation sites is 4. The lowest BCUT2D eigenvalue weighted by molar-refractivity contribution is 0.669. The Labute approximate surface area is 659 Å². The van der Waals surface area contributed by atoms with E-state index in [1.165, 1.54) is 163 Å². The minimum Gasteiger partial charge on any atom is -0.456 e. The van der Waals surface area contributed by atoms with Gasteiger partial charge in [0.1, 0.15) is 11.2 Å². The highest BCUT2D eigenvalue weighted by Crippen LogP contribution is 2.47. The molecule has 0 N–H and O–H groups in total. The third-order valence-corrected chi connectivity index (χ3v) is 25.2.